The van der Waals surface area contributed by atoms with Crippen LogP contribution in [0, 0.1) is 18.3 Å². The van der Waals surface area contributed by atoms with Crippen molar-refractivity contribution in [1.29, 1.82) is 5.26 Å². The second-order valence-electron chi connectivity index (χ2n) is 9.64. The summed E-state index contributed by atoms with van der Waals surface area (Å²) < 4.78 is 6.29. The van der Waals surface area contributed by atoms with Gasteiger partial charge in [-0.2, -0.15) is 5.26 Å². The van der Waals surface area contributed by atoms with Crippen LogP contribution in [0.25, 0.3) is 33.4 Å². The molecule has 1 unspecified atom stereocenters. The number of aryl methyl sites for hydroxylation is 1. The van der Waals surface area contributed by atoms with E-state index in [0.717, 1.165) is 27.9 Å². The molecule has 0 spiro atoms. The molecule has 198 valence electrons. The Bertz CT molecular complexity index is 1580. The Hall–Kier alpha value is -4.61. The van der Waals surface area contributed by atoms with Crippen LogP contribution in [0.1, 0.15) is 33.2 Å². The highest BCUT2D eigenvalue weighted by Crippen LogP contribution is 2.40. The fraction of sp³-hybridized carbons (Fsp3) is 0.258. The minimum atomic E-state index is -0.374. The van der Waals surface area contributed by atoms with E-state index in [4.69, 9.17) is 4.42 Å². The van der Waals surface area contributed by atoms with Gasteiger partial charge in [-0.3, -0.25) is 14.9 Å². The average Bonchev–Trinajstić information content (AvgIpc) is 3.35. The molecule has 0 saturated carbocycles. The van der Waals surface area contributed by atoms with Crippen molar-refractivity contribution in [3.8, 4) is 28.5 Å². The molecule has 3 aromatic carbocycles. The number of nitriles is 1. The lowest BCUT2D eigenvalue weighted by molar-refractivity contribution is 0.0719. The second-order valence-corrected chi connectivity index (χ2v) is 9.64. The number of rotatable bonds is 6. The predicted molar refractivity (Wildman–Crippen MR) is 153 cm³/mol. The van der Waals surface area contributed by atoms with Gasteiger partial charge in [0, 0.05) is 67.1 Å². The molecule has 0 radical (unpaired) electrons. The third-order valence-electron chi connectivity index (χ3n) is 7.00. The lowest BCUT2D eigenvalue weighted by Gasteiger charge is -2.30. The Balaban J connectivity index is 1.63. The summed E-state index contributed by atoms with van der Waals surface area (Å²) >= 11 is 0. The molecule has 0 bridgehead atoms. The van der Waals surface area contributed by atoms with Gasteiger partial charge in [-0.1, -0.05) is 42.0 Å². The van der Waals surface area contributed by atoms with Crippen molar-refractivity contribution in [2.24, 2.45) is 0 Å². The van der Waals surface area contributed by atoms with Crippen LogP contribution in [0.5, 0.6) is 0 Å². The molecule has 3 N–H and O–H groups in total. The number of anilines is 1. The second kappa shape index (κ2) is 11.0. The monoisotopic (exact) mass is 521 g/mol. The van der Waals surface area contributed by atoms with E-state index in [1.807, 2.05) is 68.4 Å². The van der Waals surface area contributed by atoms with E-state index in [9.17, 15) is 14.9 Å². The summed E-state index contributed by atoms with van der Waals surface area (Å²) in [5.74, 6) is 0.167. The van der Waals surface area contributed by atoms with Crippen molar-refractivity contribution in [3.63, 3.8) is 0 Å². The first kappa shape index (κ1) is 26.0. The van der Waals surface area contributed by atoms with Crippen LogP contribution in [-0.2, 0) is 0 Å². The molecule has 1 aliphatic rings. The van der Waals surface area contributed by atoms with Crippen LogP contribution < -0.4 is 16.0 Å². The Morgan fingerprint density at radius 2 is 1.92 bits per heavy atom. The zero-order chi connectivity index (χ0) is 27.5. The number of carbonyl (C=O) groups is 2. The first-order valence-corrected chi connectivity index (χ1v) is 13.1. The Kier molecular flexibility index (Phi) is 7.35. The molecule has 0 aliphatic carbocycles. The SMILES string of the molecule is CCNc1cc2oc(-c3ccc(C)cc3)c(C(=O)NC)c2cc1-c1cccc(C(=O)N2CCNC(C#N)C2)c1. The minimum Gasteiger partial charge on any atom is -0.455 e. The smallest absolute Gasteiger partial charge is 0.255 e. The molecule has 8 heteroatoms. The number of hydrogen-bond acceptors (Lipinski definition) is 6. The molecule has 2 heterocycles. The van der Waals surface area contributed by atoms with Gasteiger partial charge in [-0.25, -0.2) is 0 Å². The highest BCUT2D eigenvalue weighted by atomic mass is 16.3. The zero-order valence-corrected chi connectivity index (χ0v) is 22.3. The number of nitrogens with one attached hydrogen (secondary N) is 3. The third-order valence-corrected chi connectivity index (χ3v) is 7.00. The lowest BCUT2D eigenvalue weighted by Crippen LogP contribution is -2.52. The first-order valence-electron chi connectivity index (χ1n) is 13.1. The van der Waals surface area contributed by atoms with E-state index in [0.29, 0.717) is 54.0 Å². The Morgan fingerprint density at radius 3 is 2.64 bits per heavy atom. The van der Waals surface area contributed by atoms with Gasteiger partial charge < -0.3 is 20.0 Å². The van der Waals surface area contributed by atoms with Crippen LogP contribution in [0.15, 0.2) is 65.1 Å². The summed E-state index contributed by atoms with van der Waals surface area (Å²) in [5.41, 5.74) is 6.09. The van der Waals surface area contributed by atoms with E-state index < -0.39 is 0 Å². The van der Waals surface area contributed by atoms with E-state index in [-0.39, 0.29) is 17.9 Å². The fourth-order valence-electron chi connectivity index (χ4n) is 5.00. The third kappa shape index (κ3) is 5.09. The molecule has 2 amide bonds. The summed E-state index contributed by atoms with van der Waals surface area (Å²) in [4.78, 5) is 28.2. The highest BCUT2D eigenvalue weighted by Gasteiger charge is 2.26. The number of carbonyl (C=O) groups excluding carboxylic acids is 2. The summed E-state index contributed by atoms with van der Waals surface area (Å²) in [7, 11) is 1.61. The van der Waals surface area contributed by atoms with Crippen LogP contribution in [0.2, 0.25) is 0 Å². The normalized spacial score (nSPS) is 15.1. The molecule has 1 aliphatic heterocycles. The van der Waals surface area contributed by atoms with Gasteiger partial charge in [0.2, 0.25) is 0 Å². The van der Waals surface area contributed by atoms with Crippen LogP contribution >= 0.6 is 0 Å². The Labute approximate surface area is 227 Å². The first-order chi connectivity index (χ1) is 18.9. The summed E-state index contributed by atoms with van der Waals surface area (Å²) in [6.07, 6.45) is 0. The highest BCUT2D eigenvalue weighted by molar-refractivity contribution is 6.13. The van der Waals surface area contributed by atoms with E-state index in [2.05, 4.69) is 22.0 Å². The number of nitrogens with zero attached hydrogens (tertiary/aromatic N) is 2. The van der Waals surface area contributed by atoms with Crippen LogP contribution in [0.3, 0.4) is 0 Å². The molecular formula is C31H31N5O3. The summed E-state index contributed by atoms with van der Waals surface area (Å²) in [5, 5.41) is 19.3. The Morgan fingerprint density at radius 1 is 1.13 bits per heavy atom. The predicted octanol–water partition coefficient (Wildman–Crippen LogP) is 4.80. The van der Waals surface area contributed by atoms with Gasteiger partial charge >= 0.3 is 0 Å². The molecule has 1 fully saturated rings. The summed E-state index contributed by atoms with van der Waals surface area (Å²) in [6, 6.07) is 21.1. The number of hydrogen-bond donors (Lipinski definition) is 3. The van der Waals surface area contributed by atoms with Crippen molar-refractivity contribution < 1.29 is 14.0 Å². The fourth-order valence-corrected chi connectivity index (χ4v) is 5.00. The molecule has 1 atom stereocenters. The number of benzene rings is 3. The largest absolute Gasteiger partial charge is 0.455 e. The average molecular weight is 522 g/mol. The number of piperazine rings is 1. The molecule has 39 heavy (non-hydrogen) atoms. The van der Waals surface area contributed by atoms with Crippen LogP contribution in [-0.4, -0.2) is 56.0 Å². The maximum atomic E-state index is 13.3. The summed E-state index contributed by atoms with van der Waals surface area (Å²) in [6.45, 7) is 6.18. The van der Waals surface area contributed by atoms with Crippen molar-refractivity contribution in [3.05, 3.63) is 77.4 Å². The minimum absolute atomic E-state index is 0.110. The van der Waals surface area contributed by atoms with Gasteiger partial charge in [-0.05, 0) is 37.6 Å². The van der Waals surface area contributed by atoms with Crippen molar-refractivity contribution in [2.45, 2.75) is 19.9 Å². The quantitative estimate of drug-likeness (QED) is 0.336. The maximum Gasteiger partial charge on any atom is 0.255 e. The standard InChI is InChI=1S/C31H31N5O3/c1-4-34-26-16-27-25(28(30(37)33-3)29(39-27)20-10-8-19(2)9-11-20)15-24(26)21-6-5-7-22(14-21)31(38)36-13-12-35-23(17-32)18-36/h5-11,14-16,23,34-35H,4,12-13,18H2,1-3H3,(H,33,37). The molecule has 1 aromatic heterocycles. The number of furan rings is 1. The van der Waals surface area contributed by atoms with Gasteiger partial charge in [0.15, 0.2) is 0 Å². The molecule has 1 saturated heterocycles. The van der Waals surface area contributed by atoms with Gasteiger partial charge in [0.1, 0.15) is 17.4 Å². The van der Waals surface area contributed by atoms with Crippen molar-refractivity contribution in [2.75, 3.05) is 38.5 Å². The van der Waals surface area contributed by atoms with Gasteiger partial charge in [0.05, 0.1) is 11.6 Å². The molecular weight excluding hydrogens is 490 g/mol. The van der Waals surface area contributed by atoms with Crippen molar-refractivity contribution >= 4 is 28.5 Å². The zero-order valence-electron chi connectivity index (χ0n) is 22.3. The van der Waals surface area contributed by atoms with E-state index in [1.54, 1.807) is 18.0 Å². The van der Waals surface area contributed by atoms with Gasteiger partial charge in [-0.15, -0.1) is 0 Å². The molecule has 4 aromatic rings. The van der Waals surface area contributed by atoms with E-state index in [1.165, 1.54) is 0 Å². The number of fused-ring (bicyclic) bond motifs is 1. The number of amides is 2. The molecule has 8 nitrogen and oxygen atoms in total. The van der Waals surface area contributed by atoms with Gasteiger partial charge in [0.25, 0.3) is 11.8 Å². The maximum absolute atomic E-state index is 13.3. The topological polar surface area (TPSA) is 110 Å². The molecule has 5 rings (SSSR count). The lowest BCUT2D eigenvalue weighted by atomic mass is 9.97. The van der Waals surface area contributed by atoms with E-state index >= 15 is 0 Å². The van der Waals surface area contributed by atoms with Crippen molar-refractivity contribution in [1.82, 2.24) is 15.5 Å². The van der Waals surface area contributed by atoms with Crippen LogP contribution in [0.4, 0.5) is 5.69 Å².